The first-order chi connectivity index (χ1) is 25.6. The minimum Gasteiger partial charge on any atom is -0.480 e. The third-order valence-corrected chi connectivity index (χ3v) is 11.8. The van der Waals surface area contributed by atoms with Crippen LogP contribution in [0.25, 0.3) is 9.69 Å². The minimum atomic E-state index is -4.78. The van der Waals surface area contributed by atoms with Crippen LogP contribution in [0.3, 0.4) is 0 Å². The van der Waals surface area contributed by atoms with Gasteiger partial charge in [0.2, 0.25) is 10.0 Å². The first-order valence-electron chi connectivity index (χ1n) is 16.2. The molecule has 0 bridgehead atoms. The van der Waals surface area contributed by atoms with Crippen molar-refractivity contribution < 1.29 is 62.2 Å². The van der Waals surface area contributed by atoms with E-state index in [1.54, 1.807) is 46.8 Å². The van der Waals surface area contributed by atoms with E-state index < -0.39 is 89.8 Å². The number of nitrogens with zero attached hydrogens (tertiary/aromatic N) is 4. The first kappa shape index (κ1) is 43.4. The summed E-state index contributed by atoms with van der Waals surface area (Å²) in [6, 6.07) is 11.7. The lowest BCUT2D eigenvalue weighted by atomic mass is 9.89. The monoisotopic (exact) mass is 828 g/mol. The Morgan fingerprint density at radius 1 is 0.696 bits per heavy atom. The standard InChI is InChI=1S/C21H19F3N2O4S.C15H15F3N2O4S/c1-13-7-5-6-8-17(13)31(28,29)26-12-20(2,3)18(19(26)27)30-14-9-10-16(25-4)15(11-14)21(22,23)24;1-14(2)8-20(25(4,22)23)13(21)12(14)24-9-5-6-11(19-3)10(7-9)15(16,17)18/h5-11,18H,12H2,1-3H3;5-7,12H,8H2,1-2,4H3. The Balaban J connectivity index is 0.000000255. The van der Waals surface area contributed by atoms with Crippen LogP contribution >= 0.6 is 0 Å². The second-order valence-corrected chi connectivity index (χ2v) is 18.0. The molecule has 0 saturated carbocycles. The number of rotatable bonds is 7. The highest BCUT2D eigenvalue weighted by Gasteiger charge is 2.53. The maximum atomic E-state index is 13.2. The summed E-state index contributed by atoms with van der Waals surface area (Å²) >= 11 is 0. The zero-order valence-electron chi connectivity index (χ0n) is 30.5. The third kappa shape index (κ3) is 8.87. The molecular weight excluding hydrogens is 795 g/mol. The van der Waals surface area contributed by atoms with Crippen LogP contribution in [-0.2, 0) is 42.0 Å². The van der Waals surface area contributed by atoms with Crippen LogP contribution in [0.1, 0.15) is 44.4 Å². The fourth-order valence-corrected chi connectivity index (χ4v) is 8.75. The summed E-state index contributed by atoms with van der Waals surface area (Å²) in [5.41, 5.74) is -5.03. The number of amides is 2. The SMILES string of the molecule is [C-]#[N+]c1ccc(OC2C(=O)N(S(=O)(=O)c3ccccc3C)CC2(C)C)cc1C(F)(F)F.[C-]#[N+]c1ccc(OC2C(=O)N(S(C)(=O)=O)CC2(C)C)cc1C(F)(F)F. The number of hydrogen-bond donors (Lipinski definition) is 0. The molecule has 2 fully saturated rings. The number of aryl methyl sites for hydroxylation is 1. The van der Waals surface area contributed by atoms with Crippen LogP contribution in [-0.4, -0.2) is 68.8 Å². The van der Waals surface area contributed by atoms with Crippen molar-refractivity contribution in [3.8, 4) is 11.5 Å². The fourth-order valence-electron chi connectivity index (χ4n) is 5.96. The Bertz CT molecular complexity index is 2370. The van der Waals surface area contributed by atoms with Gasteiger partial charge in [-0.2, -0.15) is 26.3 Å². The highest BCUT2D eigenvalue weighted by atomic mass is 32.2. The van der Waals surface area contributed by atoms with E-state index in [-0.39, 0.29) is 29.5 Å². The van der Waals surface area contributed by atoms with Gasteiger partial charge in [-0.15, -0.1) is 0 Å². The molecule has 0 aliphatic carbocycles. The van der Waals surface area contributed by atoms with Gasteiger partial charge < -0.3 is 9.47 Å². The van der Waals surface area contributed by atoms with Crippen LogP contribution in [0.2, 0.25) is 0 Å². The molecule has 2 atom stereocenters. The number of halogens is 6. The molecule has 2 aliphatic heterocycles. The molecule has 2 aliphatic rings. The molecule has 12 nitrogen and oxygen atoms in total. The Labute approximate surface area is 319 Å². The summed E-state index contributed by atoms with van der Waals surface area (Å²) in [4.78, 5) is 31.0. The minimum absolute atomic E-state index is 0.0273. The molecule has 300 valence electrons. The molecule has 0 radical (unpaired) electrons. The number of alkyl halides is 6. The van der Waals surface area contributed by atoms with E-state index in [1.165, 1.54) is 12.1 Å². The topological polar surface area (TPSA) is 136 Å². The van der Waals surface area contributed by atoms with Crippen molar-refractivity contribution in [3.63, 3.8) is 0 Å². The van der Waals surface area contributed by atoms with Gasteiger partial charge in [-0.05, 0) is 42.8 Å². The van der Waals surface area contributed by atoms with Gasteiger partial charge in [0.15, 0.2) is 23.6 Å². The smallest absolute Gasteiger partial charge is 0.407 e. The second kappa shape index (κ2) is 15.0. The van der Waals surface area contributed by atoms with E-state index in [1.807, 2.05) is 0 Å². The van der Waals surface area contributed by atoms with Gasteiger partial charge in [-0.1, -0.05) is 58.0 Å². The molecule has 0 spiro atoms. The van der Waals surface area contributed by atoms with E-state index in [9.17, 15) is 52.8 Å². The van der Waals surface area contributed by atoms with Crippen molar-refractivity contribution in [1.82, 2.24) is 8.61 Å². The van der Waals surface area contributed by atoms with Crippen molar-refractivity contribution in [3.05, 3.63) is 100 Å². The van der Waals surface area contributed by atoms with Crippen molar-refractivity contribution >= 4 is 43.2 Å². The van der Waals surface area contributed by atoms with E-state index in [2.05, 4.69) is 9.69 Å². The quantitative estimate of drug-likeness (QED) is 0.178. The molecular formula is C36H34F6N4O8S2. The van der Waals surface area contributed by atoms with Crippen LogP contribution in [0.15, 0.2) is 65.6 Å². The van der Waals surface area contributed by atoms with Crippen LogP contribution in [0, 0.1) is 30.9 Å². The predicted octanol–water partition coefficient (Wildman–Crippen LogP) is 7.40. The first-order valence-corrected chi connectivity index (χ1v) is 19.5. The van der Waals surface area contributed by atoms with Gasteiger partial charge >= 0.3 is 12.4 Å². The molecule has 2 unspecified atom stereocenters. The summed E-state index contributed by atoms with van der Waals surface area (Å²) < 4.78 is 141. The average molecular weight is 829 g/mol. The van der Waals surface area contributed by atoms with Gasteiger partial charge in [-0.25, -0.2) is 35.1 Å². The highest BCUT2D eigenvalue weighted by molar-refractivity contribution is 7.89. The summed E-state index contributed by atoms with van der Waals surface area (Å²) in [6.07, 6.45) is -11.3. The Morgan fingerprint density at radius 3 is 1.45 bits per heavy atom. The largest absolute Gasteiger partial charge is 0.480 e. The maximum absolute atomic E-state index is 13.2. The molecule has 20 heteroatoms. The Morgan fingerprint density at radius 2 is 1.09 bits per heavy atom. The zero-order chi connectivity index (χ0) is 42.4. The lowest BCUT2D eigenvalue weighted by molar-refractivity contribution is -0.138. The number of ether oxygens (including phenoxy) is 2. The van der Waals surface area contributed by atoms with Crippen molar-refractivity contribution in [2.24, 2.45) is 10.8 Å². The second-order valence-electron chi connectivity index (χ2n) is 14.3. The van der Waals surface area contributed by atoms with E-state index in [0.717, 1.165) is 30.5 Å². The lowest BCUT2D eigenvalue weighted by Gasteiger charge is -2.24. The predicted molar refractivity (Wildman–Crippen MR) is 188 cm³/mol. The molecule has 0 aromatic heterocycles. The number of hydrogen-bond acceptors (Lipinski definition) is 8. The molecule has 3 aromatic rings. The van der Waals surface area contributed by atoms with E-state index in [0.29, 0.717) is 26.3 Å². The van der Waals surface area contributed by atoms with Crippen molar-refractivity contribution in [1.29, 1.82) is 0 Å². The highest BCUT2D eigenvalue weighted by Crippen LogP contribution is 2.43. The number of sulfonamides is 2. The van der Waals surface area contributed by atoms with Gasteiger partial charge in [0, 0.05) is 23.9 Å². The summed E-state index contributed by atoms with van der Waals surface area (Å²) in [7, 11) is -7.98. The summed E-state index contributed by atoms with van der Waals surface area (Å²) in [6.45, 7) is 21.3. The van der Waals surface area contributed by atoms with Crippen LogP contribution in [0.5, 0.6) is 11.5 Å². The molecule has 5 rings (SSSR count). The third-order valence-electron chi connectivity index (χ3n) is 8.82. The van der Waals surface area contributed by atoms with E-state index >= 15 is 0 Å². The Kier molecular flexibility index (Phi) is 11.6. The fraction of sp³-hybridized carbons (Fsp3) is 0.389. The molecule has 2 heterocycles. The van der Waals surface area contributed by atoms with Gasteiger partial charge in [0.25, 0.3) is 21.8 Å². The molecule has 2 amide bonds. The van der Waals surface area contributed by atoms with E-state index in [4.69, 9.17) is 22.6 Å². The maximum Gasteiger partial charge on any atom is 0.407 e. The zero-order valence-corrected chi connectivity index (χ0v) is 32.1. The lowest BCUT2D eigenvalue weighted by Crippen LogP contribution is -2.38. The average Bonchev–Trinajstić information content (AvgIpc) is 3.46. The van der Waals surface area contributed by atoms with Gasteiger partial charge in [0.1, 0.15) is 11.5 Å². The molecule has 3 aromatic carbocycles. The molecule has 56 heavy (non-hydrogen) atoms. The normalized spacial score (nSPS) is 19.5. The van der Waals surface area contributed by atoms with Gasteiger partial charge in [-0.3, -0.25) is 9.59 Å². The van der Waals surface area contributed by atoms with Gasteiger partial charge in [0.05, 0.1) is 35.4 Å². The summed E-state index contributed by atoms with van der Waals surface area (Å²) in [5.74, 6) is -2.24. The number of benzene rings is 3. The Hall–Kier alpha value is -5.34. The number of carbonyl (C=O) groups is 2. The molecule has 2 saturated heterocycles. The summed E-state index contributed by atoms with van der Waals surface area (Å²) in [5, 5.41) is 0. The van der Waals surface area contributed by atoms with Crippen LogP contribution in [0.4, 0.5) is 37.7 Å². The number of carbonyl (C=O) groups excluding carboxylic acids is 2. The van der Waals surface area contributed by atoms with Crippen molar-refractivity contribution in [2.45, 2.75) is 64.1 Å². The molecule has 0 N–H and O–H groups in total. The van der Waals surface area contributed by atoms with Crippen LogP contribution < -0.4 is 9.47 Å². The van der Waals surface area contributed by atoms with Crippen molar-refractivity contribution in [2.75, 3.05) is 19.3 Å².